The third-order valence-corrected chi connectivity index (χ3v) is 5.90. The summed E-state index contributed by atoms with van der Waals surface area (Å²) in [7, 11) is 5.57. The third kappa shape index (κ3) is 3.49. The molecular weight excluding hydrogens is 358 g/mol. The summed E-state index contributed by atoms with van der Waals surface area (Å²) in [6.45, 7) is 2.72. The minimum absolute atomic E-state index is 0.0285. The van der Waals surface area contributed by atoms with Crippen molar-refractivity contribution >= 4 is 5.91 Å². The van der Waals surface area contributed by atoms with Gasteiger partial charge in [-0.1, -0.05) is 17.3 Å². The molecule has 8 nitrogen and oxygen atoms in total. The monoisotopic (exact) mass is 385 g/mol. The number of rotatable bonds is 4. The summed E-state index contributed by atoms with van der Waals surface area (Å²) >= 11 is 0. The lowest BCUT2D eigenvalue weighted by molar-refractivity contribution is -0.135. The number of benzene rings is 1. The Kier molecular flexibility index (Phi) is 5.32. The Morgan fingerprint density at radius 1 is 1.25 bits per heavy atom. The van der Waals surface area contributed by atoms with Crippen LogP contribution in [0.3, 0.4) is 0 Å². The van der Waals surface area contributed by atoms with Crippen LogP contribution in [0.2, 0.25) is 0 Å². The van der Waals surface area contributed by atoms with Crippen LogP contribution in [0.1, 0.15) is 48.1 Å². The molecule has 1 N–H and O–H groups in total. The molecule has 4 rings (SSSR count). The number of aromatic nitrogens is 2. The van der Waals surface area contributed by atoms with E-state index in [1.54, 1.807) is 12.0 Å². The van der Waals surface area contributed by atoms with E-state index in [2.05, 4.69) is 22.4 Å². The molecular formula is C20H27N5O3. The van der Waals surface area contributed by atoms with Gasteiger partial charge in [0.2, 0.25) is 11.8 Å². The summed E-state index contributed by atoms with van der Waals surface area (Å²) in [5.41, 5.74) is 1.04. The van der Waals surface area contributed by atoms with Crippen molar-refractivity contribution < 1.29 is 14.1 Å². The Bertz CT molecular complexity index is 822. The molecule has 150 valence electrons. The van der Waals surface area contributed by atoms with Crippen LogP contribution in [0.25, 0.3) is 0 Å². The zero-order valence-corrected chi connectivity index (χ0v) is 16.6. The van der Waals surface area contributed by atoms with Crippen LogP contribution in [0.5, 0.6) is 5.75 Å². The Morgan fingerprint density at radius 2 is 2.04 bits per heavy atom. The van der Waals surface area contributed by atoms with Crippen molar-refractivity contribution in [3.8, 4) is 5.75 Å². The molecule has 3 atom stereocenters. The molecule has 2 aromatic rings. The van der Waals surface area contributed by atoms with Gasteiger partial charge in [0.25, 0.3) is 0 Å². The van der Waals surface area contributed by atoms with Gasteiger partial charge in [-0.25, -0.2) is 0 Å². The van der Waals surface area contributed by atoms with Crippen LogP contribution in [-0.4, -0.2) is 66.7 Å². The highest BCUT2D eigenvalue weighted by Gasteiger charge is 2.39. The summed E-state index contributed by atoms with van der Waals surface area (Å²) < 4.78 is 11.0. The number of likely N-dealkylation sites (tertiary alicyclic amines) is 1. The molecule has 2 saturated heterocycles. The molecule has 1 aromatic heterocycles. The number of nitrogens with zero attached hydrogens (tertiary/aromatic N) is 4. The van der Waals surface area contributed by atoms with Crippen LogP contribution in [-0.2, 0) is 4.79 Å². The molecule has 3 unspecified atom stereocenters. The number of methoxy groups -OCH3 is 1. The highest BCUT2D eigenvalue weighted by atomic mass is 16.5. The van der Waals surface area contributed by atoms with Gasteiger partial charge in [-0.3, -0.25) is 9.69 Å². The van der Waals surface area contributed by atoms with Gasteiger partial charge in [-0.05, 0) is 31.2 Å². The van der Waals surface area contributed by atoms with Crippen molar-refractivity contribution in [1.82, 2.24) is 25.3 Å². The average molecular weight is 385 g/mol. The van der Waals surface area contributed by atoms with E-state index in [0.29, 0.717) is 24.6 Å². The standard InChI is InChI=1S/C20H27N5O3/c1-24-11-10-21-12-16(24)19-22-20(28-23-19)15-8-9-17(26)25(2)18(15)13-4-6-14(27-3)7-5-13/h4-7,15-16,18,21H,8-12H2,1-3H3. The highest BCUT2D eigenvalue weighted by Crippen LogP contribution is 2.42. The van der Waals surface area contributed by atoms with E-state index in [-0.39, 0.29) is 23.9 Å². The molecule has 3 heterocycles. The van der Waals surface area contributed by atoms with Crippen molar-refractivity contribution in [1.29, 1.82) is 0 Å². The summed E-state index contributed by atoms with van der Waals surface area (Å²) in [6.07, 6.45) is 1.18. The number of hydrogen-bond donors (Lipinski definition) is 1. The molecule has 2 aliphatic heterocycles. The van der Waals surface area contributed by atoms with E-state index >= 15 is 0 Å². The summed E-state index contributed by atoms with van der Waals surface area (Å²) in [4.78, 5) is 21.2. The summed E-state index contributed by atoms with van der Waals surface area (Å²) in [5.74, 6) is 2.21. The van der Waals surface area contributed by atoms with Crippen molar-refractivity contribution in [3.63, 3.8) is 0 Å². The summed E-state index contributed by atoms with van der Waals surface area (Å²) in [6, 6.07) is 7.81. The Labute approximate surface area is 164 Å². The Balaban J connectivity index is 1.63. The lowest BCUT2D eigenvalue weighted by Gasteiger charge is -2.37. The van der Waals surface area contributed by atoms with E-state index in [9.17, 15) is 4.79 Å². The van der Waals surface area contributed by atoms with Gasteiger partial charge in [0.05, 0.1) is 25.1 Å². The second kappa shape index (κ2) is 7.89. The van der Waals surface area contributed by atoms with E-state index < -0.39 is 0 Å². The number of likely N-dealkylation sites (N-methyl/N-ethyl adjacent to an activating group) is 2. The molecule has 0 radical (unpaired) electrons. The first-order valence-electron chi connectivity index (χ1n) is 9.72. The third-order valence-electron chi connectivity index (χ3n) is 5.90. The molecule has 28 heavy (non-hydrogen) atoms. The maximum atomic E-state index is 12.4. The van der Waals surface area contributed by atoms with Crippen molar-refractivity contribution in [2.24, 2.45) is 0 Å². The zero-order valence-electron chi connectivity index (χ0n) is 16.6. The lowest BCUT2D eigenvalue weighted by atomic mass is 9.84. The SMILES string of the molecule is COc1ccc(C2C(c3nc(C4CNCCN4C)no3)CCC(=O)N2C)cc1. The minimum Gasteiger partial charge on any atom is -0.497 e. The van der Waals surface area contributed by atoms with Gasteiger partial charge in [0, 0.05) is 33.1 Å². The van der Waals surface area contributed by atoms with Gasteiger partial charge in [0.15, 0.2) is 5.82 Å². The zero-order chi connectivity index (χ0) is 19.7. The van der Waals surface area contributed by atoms with Gasteiger partial charge in [-0.2, -0.15) is 4.98 Å². The quantitative estimate of drug-likeness (QED) is 0.858. The highest BCUT2D eigenvalue weighted by molar-refractivity contribution is 5.77. The molecule has 0 spiro atoms. The van der Waals surface area contributed by atoms with Crippen LogP contribution >= 0.6 is 0 Å². The summed E-state index contributed by atoms with van der Waals surface area (Å²) in [5, 5.41) is 7.66. The first kappa shape index (κ1) is 18.9. The number of piperidine rings is 1. The molecule has 0 aliphatic carbocycles. The first-order chi connectivity index (χ1) is 13.6. The molecule has 8 heteroatoms. The average Bonchev–Trinajstić information content (AvgIpc) is 3.20. The number of carbonyl (C=O) groups excluding carboxylic acids is 1. The molecule has 2 aliphatic rings. The normalized spacial score (nSPS) is 26.5. The second-order valence-corrected chi connectivity index (χ2v) is 7.56. The van der Waals surface area contributed by atoms with Crippen LogP contribution in [0.15, 0.2) is 28.8 Å². The number of carbonyl (C=O) groups is 1. The molecule has 0 bridgehead atoms. The maximum absolute atomic E-state index is 12.4. The van der Waals surface area contributed by atoms with Crippen molar-refractivity contribution in [2.45, 2.75) is 30.8 Å². The largest absolute Gasteiger partial charge is 0.497 e. The number of ether oxygens (including phenoxy) is 1. The van der Waals surface area contributed by atoms with Gasteiger partial charge in [0.1, 0.15) is 5.75 Å². The fourth-order valence-corrected chi connectivity index (χ4v) is 4.18. The van der Waals surface area contributed by atoms with Crippen LogP contribution in [0, 0.1) is 0 Å². The smallest absolute Gasteiger partial charge is 0.232 e. The van der Waals surface area contributed by atoms with E-state index in [1.165, 1.54) is 0 Å². The van der Waals surface area contributed by atoms with Crippen molar-refractivity contribution in [2.75, 3.05) is 40.8 Å². The minimum atomic E-state index is -0.136. The predicted molar refractivity (Wildman–Crippen MR) is 103 cm³/mol. The Hall–Kier alpha value is -2.45. The second-order valence-electron chi connectivity index (χ2n) is 7.56. The molecule has 1 amide bonds. The van der Waals surface area contributed by atoms with Crippen molar-refractivity contribution in [3.05, 3.63) is 41.5 Å². The topological polar surface area (TPSA) is 83.7 Å². The van der Waals surface area contributed by atoms with E-state index in [1.807, 2.05) is 31.3 Å². The Morgan fingerprint density at radius 3 is 2.75 bits per heavy atom. The molecule has 2 fully saturated rings. The predicted octanol–water partition coefficient (Wildman–Crippen LogP) is 1.73. The van der Waals surface area contributed by atoms with Crippen LogP contribution < -0.4 is 10.1 Å². The van der Waals surface area contributed by atoms with Gasteiger partial charge >= 0.3 is 0 Å². The molecule has 1 aromatic carbocycles. The number of nitrogens with one attached hydrogen (secondary N) is 1. The number of amides is 1. The first-order valence-corrected chi connectivity index (χ1v) is 9.72. The van der Waals surface area contributed by atoms with Gasteiger partial charge in [-0.15, -0.1) is 0 Å². The van der Waals surface area contributed by atoms with E-state index in [4.69, 9.17) is 14.2 Å². The fraction of sp³-hybridized carbons (Fsp3) is 0.550. The van der Waals surface area contributed by atoms with Crippen LogP contribution in [0.4, 0.5) is 0 Å². The lowest BCUT2D eigenvalue weighted by Crippen LogP contribution is -2.44. The van der Waals surface area contributed by atoms with Gasteiger partial charge < -0.3 is 19.5 Å². The molecule has 0 saturated carbocycles. The number of hydrogen-bond acceptors (Lipinski definition) is 7. The maximum Gasteiger partial charge on any atom is 0.232 e. The fourth-order valence-electron chi connectivity index (χ4n) is 4.18. The number of piperazine rings is 1. The van der Waals surface area contributed by atoms with E-state index in [0.717, 1.165) is 30.9 Å².